The first-order valence-corrected chi connectivity index (χ1v) is 9.67. The largest absolute Gasteiger partial charge is 0.493 e. The zero-order chi connectivity index (χ0) is 16.9. The maximum absolute atomic E-state index is 12.2. The van der Waals surface area contributed by atoms with Crippen LogP contribution in [0.2, 0.25) is 0 Å². The lowest BCUT2D eigenvalue weighted by Gasteiger charge is -2.32. The molecule has 7 heteroatoms. The van der Waals surface area contributed by atoms with Gasteiger partial charge in [-0.2, -0.15) is 0 Å². The molecule has 0 saturated carbocycles. The summed E-state index contributed by atoms with van der Waals surface area (Å²) in [5.41, 5.74) is 1.11. The second-order valence-electron chi connectivity index (χ2n) is 5.98. The number of ether oxygens (including phenoxy) is 1. The summed E-state index contributed by atoms with van der Waals surface area (Å²) in [4.78, 5) is 13.9. The molecule has 0 radical (unpaired) electrons. The Morgan fingerprint density at radius 2 is 2.22 bits per heavy atom. The molecule has 128 valence electrons. The molecule has 1 aliphatic heterocycles. The van der Waals surface area contributed by atoms with Gasteiger partial charge in [-0.1, -0.05) is 12.1 Å². The van der Waals surface area contributed by atoms with Crippen molar-refractivity contribution in [2.24, 2.45) is 0 Å². The summed E-state index contributed by atoms with van der Waals surface area (Å²) in [7, 11) is -3.24. The number of sulfonamides is 1. The van der Waals surface area contributed by atoms with Crippen LogP contribution in [-0.2, 0) is 14.8 Å². The lowest BCUT2D eigenvalue weighted by molar-refractivity contribution is -0.133. The second kappa shape index (κ2) is 7.79. The highest BCUT2D eigenvalue weighted by atomic mass is 32.2. The normalized spacial score (nSPS) is 18.7. The van der Waals surface area contributed by atoms with Crippen LogP contribution in [0.3, 0.4) is 0 Å². The zero-order valence-corrected chi connectivity index (χ0v) is 14.4. The van der Waals surface area contributed by atoms with E-state index in [9.17, 15) is 13.2 Å². The number of carbonyl (C=O) groups excluding carboxylic acids is 1. The van der Waals surface area contributed by atoms with Crippen LogP contribution in [0.4, 0.5) is 0 Å². The van der Waals surface area contributed by atoms with E-state index in [2.05, 4.69) is 4.72 Å². The van der Waals surface area contributed by atoms with Crippen LogP contribution < -0.4 is 9.46 Å². The molecule has 0 bridgehead atoms. The fourth-order valence-corrected chi connectivity index (χ4v) is 3.52. The number of aryl methyl sites for hydroxylation is 1. The SMILES string of the molecule is Cc1cccc(OCCC(=O)N2CCC[C@@H](NS(C)(=O)=O)C2)c1. The lowest BCUT2D eigenvalue weighted by atomic mass is 10.1. The van der Waals surface area contributed by atoms with Crippen LogP contribution in [0.5, 0.6) is 5.75 Å². The average molecular weight is 340 g/mol. The third-order valence-electron chi connectivity index (χ3n) is 3.73. The topological polar surface area (TPSA) is 75.7 Å². The van der Waals surface area contributed by atoms with Crippen molar-refractivity contribution in [3.63, 3.8) is 0 Å². The highest BCUT2D eigenvalue weighted by molar-refractivity contribution is 7.88. The number of amides is 1. The molecule has 1 aromatic carbocycles. The van der Waals surface area contributed by atoms with Crippen molar-refractivity contribution in [3.8, 4) is 5.75 Å². The van der Waals surface area contributed by atoms with Crippen LogP contribution in [0, 0.1) is 6.92 Å². The molecule has 0 spiro atoms. The Morgan fingerprint density at radius 1 is 1.43 bits per heavy atom. The van der Waals surface area contributed by atoms with Gasteiger partial charge in [0.1, 0.15) is 5.75 Å². The van der Waals surface area contributed by atoms with Crippen molar-refractivity contribution >= 4 is 15.9 Å². The number of carbonyl (C=O) groups is 1. The number of hydrogen-bond acceptors (Lipinski definition) is 4. The molecule has 1 heterocycles. The van der Waals surface area contributed by atoms with Crippen LogP contribution in [0.15, 0.2) is 24.3 Å². The Labute approximate surface area is 137 Å². The lowest BCUT2D eigenvalue weighted by Crippen LogP contribution is -2.49. The molecule has 1 fully saturated rings. The third-order valence-corrected chi connectivity index (χ3v) is 4.49. The zero-order valence-electron chi connectivity index (χ0n) is 13.6. The Balaban J connectivity index is 1.78. The molecule has 1 aliphatic rings. The first kappa shape index (κ1) is 17.7. The van der Waals surface area contributed by atoms with E-state index in [1.165, 1.54) is 0 Å². The van der Waals surface area contributed by atoms with Crippen molar-refractivity contribution in [2.75, 3.05) is 26.0 Å². The third kappa shape index (κ3) is 6.19. The van der Waals surface area contributed by atoms with E-state index in [1.807, 2.05) is 31.2 Å². The van der Waals surface area contributed by atoms with Crippen molar-refractivity contribution in [3.05, 3.63) is 29.8 Å². The van der Waals surface area contributed by atoms with Gasteiger partial charge in [-0.05, 0) is 37.5 Å². The number of likely N-dealkylation sites (tertiary alicyclic amines) is 1. The molecule has 0 unspecified atom stereocenters. The van der Waals surface area contributed by atoms with Gasteiger partial charge in [0.15, 0.2) is 0 Å². The van der Waals surface area contributed by atoms with Gasteiger partial charge in [0.05, 0.1) is 19.3 Å². The molecule has 2 rings (SSSR count). The molecule has 1 amide bonds. The standard InChI is InChI=1S/C16H24N2O4S/c1-13-5-3-7-15(11-13)22-10-8-16(19)18-9-4-6-14(12-18)17-23(2,20)21/h3,5,7,11,14,17H,4,6,8-10,12H2,1-2H3/t14-/m1/s1. The van der Waals surface area contributed by atoms with Gasteiger partial charge in [0.2, 0.25) is 15.9 Å². The summed E-state index contributed by atoms with van der Waals surface area (Å²) in [6.07, 6.45) is 3.00. The maximum atomic E-state index is 12.2. The molecule has 1 saturated heterocycles. The van der Waals surface area contributed by atoms with Gasteiger partial charge in [-0.3, -0.25) is 4.79 Å². The number of nitrogens with one attached hydrogen (secondary N) is 1. The smallest absolute Gasteiger partial charge is 0.226 e. The fourth-order valence-electron chi connectivity index (χ4n) is 2.72. The molecule has 23 heavy (non-hydrogen) atoms. The fraction of sp³-hybridized carbons (Fsp3) is 0.562. The molecular weight excluding hydrogens is 316 g/mol. The quantitative estimate of drug-likeness (QED) is 0.847. The Kier molecular flexibility index (Phi) is 6.01. The first-order chi connectivity index (χ1) is 10.8. The highest BCUT2D eigenvalue weighted by Crippen LogP contribution is 2.14. The van der Waals surface area contributed by atoms with Gasteiger partial charge < -0.3 is 9.64 Å². The highest BCUT2D eigenvalue weighted by Gasteiger charge is 2.25. The molecule has 1 aromatic rings. The van der Waals surface area contributed by atoms with Crippen molar-refractivity contribution in [1.29, 1.82) is 0 Å². The van der Waals surface area contributed by atoms with Crippen LogP contribution in [0.25, 0.3) is 0 Å². The minimum absolute atomic E-state index is 0.00217. The van der Waals surface area contributed by atoms with Gasteiger partial charge in [0.25, 0.3) is 0 Å². The summed E-state index contributed by atoms with van der Waals surface area (Å²) in [6, 6.07) is 7.50. The molecule has 6 nitrogen and oxygen atoms in total. The van der Waals surface area contributed by atoms with Crippen molar-refractivity contribution < 1.29 is 17.9 Å². The maximum Gasteiger partial charge on any atom is 0.226 e. The number of rotatable bonds is 6. The van der Waals surface area contributed by atoms with Crippen LogP contribution in [-0.4, -0.2) is 51.2 Å². The van der Waals surface area contributed by atoms with E-state index < -0.39 is 10.0 Å². The molecule has 0 aromatic heterocycles. The summed E-state index contributed by atoms with van der Waals surface area (Å²) in [5.74, 6) is 0.755. The van der Waals surface area contributed by atoms with E-state index in [4.69, 9.17) is 4.74 Å². The van der Waals surface area contributed by atoms with Crippen molar-refractivity contribution in [1.82, 2.24) is 9.62 Å². The van der Waals surface area contributed by atoms with Crippen molar-refractivity contribution in [2.45, 2.75) is 32.2 Å². The van der Waals surface area contributed by atoms with Gasteiger partial charge >= 0.3 is 0 Å². The van der Waals surface area contributed by atoms with Crippen LogP contribution in [0.1, 0.15) is 24.8 Å². The average Bonchev–Trinajstić information content (AvgIpc) is 2.45. The van der Waals surface area contributed by atoms with E-state index in [1.54, 1.807) is 4.90 Å². The van der Waals surface area contributed by atoms with Gasteiger partial charge in [-0.25, -0.2) is 13.1 Å². The predicted octanol–water partition coefficient (Wildman–Crippen LogP) is 1.30. The summed E-state index contributed by atoms with van der Waals surface area (Å²) >= 11 is 0. The molecular formula is C16H24N2O4S. The predicted molar refractivity (Wildman–Crippen MR) is 88.9 cm³/mol. The van der Waals surface area contributed by atoms with E-state index in [-0.39, 0.29) is 11.9 Å². The Bertz CT molecular complexity index is 645. The summed E-state index contributed by atoms with van der Waals surface area (Å²) < 4.78 is 30.8. The Morgan fingerprint density at radius 3 is 2.91 bits per heavy atom. The Hall–Kier alpha value is -1.60. The number of nitrogens with zero attached hydrogens (tertiary/aromatic N) is 1. The minimum atomic E-state index is -3.24. The minimum Gasteiger partial charge on any atom is -0.493 e. The van der Waals surface area contributed by atoms with E-state index in [0.717, 1.165) is 30.4 Å². The number of piperidine rings is 1. The van der Waals surface area contributed by atoms with E-state index in [0.29, 0.717) is 26.1 Å². The molecule has 1 N–H and O–H groups in total. The monoisotopic (exact) mass is 340 g/mol. The number of benzene rings is 1. The second-order valence-corrected chi connectivity index (χ2v) is 7.76. The summed E-state index contributed by atoms with van der Waals surface area (Å²) in [5, 5.41) is 0. The van der Waals surface area contributed by atoms with Gasteiger partial charge in [0, 0.05) is 19.1 Å². The van der Waals surface area contributed by atoms with E-state index >= 15 is 0 Å². The van der Waals surface area contributed by atoms with Crippen LogP contribution >= 0.6 is 0 Å². The van der Waals surface area contributed by atoms with Gasteiger partial charge in [-0.15, -0.1) is 0 Å². The first-order valence-electron chi connectivity index (χ1n) is 7.78. The molecule has 1 atom stereocenters. The number of hydrogen-bond donors (Lipinski definition) is 1. The summed E-state index contributed by atoms with van der Waals surface area (Å²) in [6.45, 7) is 3.41. The molecule has 0 aliphatic carbocycles.